The van der Waals surface area contributed by atoms with Gasteiger partial charge in [-0.1, -0.05) is 6.07 Å². The largest absolute Gasteiger partial charge is 0.390 e. The first-order valence-electron chi connectivity index (χ1n) is 8.48. The SMILES string of the molecule is O=C(Nc1cc(F)c(F)c(F)c1)c1cccc(S(=O)(=O)N2CCC(O)C(F)C2)c1. The van der Waals surface area contributed by atoms with E-state index in [1.807, 2.05) is 0 Å². The maximum absolute atomic E-state index is 13.7. The molecule has 0 spiro atoms. The monoisotopic (exact) mass is 432 g/mol. The highest BCUT2D eigenvalue weighted by atomic mass is 32.2. The number of anilines is 1. The van der Waals surface area contributed by atoms with Gasteiger partial charge in [0, 0.05) is 36.5 Å². The van der Waals surface area contributed by atoms with Crippen molar-refractivity contribution in [1.29, 1.82) is 0 Å². The number of piperidine rings is 1. The smallest absolute Gasteiger partial charge is 0.255 e. The minimum atomic E-state index is -4.13. The lowest BCUT2D eigenvalue weighted by atomic mass is 10.1. The third kappa shape index (κ3) is 4.41. The van der Waals surface area contributed by atoms with Gasteiger partial charge in [0.2, 0.25) is 10.0 Å². The van der Waals surface area contributed by atoms with Crippen molar-refractivity contribution in [2.24, 2.45) is 0 Å². The summed E-state index contributed by atoms with van der Waals surface area (Å²) in [5.41, 5.74) is -0.505. The fraction of sp³-hybridized carbons (Fsp3) is 0.278. The van der Waals surface area contributed by atoms with Crippen molar-refractivity contribution in [2.45, 2.75) is 23.6 Å². The number of nitrogens with one attached hydrogen (secondary N) is 1. The first-order valence-corrected chi connectivity index (χ1v) is 9.92. The lowest BCUT2D eigenvalue weighted by molar-refractivity contribution is 0.0303. The molecule has 2 aromatic carbocycles. The van der Waals surface area contributed by atoms with Crippen molar-refractivity contribution in [1.82, 2.24) is 4.31 Å². The van der Waals surface area contributed by atoms with E-state index in [9.17, 15) is 35.9 Å². The number of aliphatic hydroxyl groups is 1. The van der Waals surface area contributed by atoms with E-state index in [4.69, 9.17) is 0 Å². The molecule has 1 aliphatic rings. The van der Waals surface area contributed by atoms with E-state index in [1.54, 1.807) is 0 Å². The molecule has 1 aliphatic heterocycles. The number of hydrogen-bond acceptors (Lipinski definition) is 4. The van der Waals surface area contributed by atoms with Crippen LogP contribution in [0.25, 0.3) is 0 Å². The Labute approximate surface area is 163 Å². The van der Waals surface area contributed by atoms with Crippen LogP contribution in [0.1, 0.15) is 16.8 Å². The van der Waals surface area contributed by atoms with E-state index in [1.165, 1.54) is 18.2 Å². The van der Waals surface area contributed by atoms with E-state index in [2.05, 4.69) is 5.32 Å². The number of carbonyl (C=O) groups is 1. The standard InChI is InChI=1S/C18H16F4N2O4S/c19-13-7-11(8-14(20)17(13)22)23-18(26)10-2-1-3-12(6-10)29(27,28)24-5-4-16(25)15(21)9-24/h1-3,6-8,15-16,25H,4-5,9H2,(H,23,26). The number of benzene rings is 2. The molecule has 0 radical (unpaired) electrons. The van der Waals surface area contributed by atoms with Gasteiger partial charge in [0.25, 0.3) is 5.91 Å². The van der Waals surface area contributed by atoms with Crippen LogP contribution in [0.4, 0.5) is 23.2 Å². The number of halogens is 4. The Balaban J connectivity index is 1.83. The number of amides is 1. The minimum absolute atomic E-state index is 0.0672. The number of nitrogens with zero attached hydrogens (tertiary/aromatic N) is 1. The van der Waals surface area contributed by atoms with Gasteiger partial charge in [-0.25, -0.2) is 26.0 Å². The molecule has 2 atom stereocenters. The highest BCUT2D eigenvalue weighted by molar-refractivity contribution is 7.89. The molecule has 0 saturated carbocycles. The number of hydrogen-bond donors (Lipinski definition) is 2. The summed E-state index contributed by atoms with van der Waals surface area (Å²) < 4.78 is 79.5. The van der Waals surface area contributed by atoms with Gasteiger partial charge in [0.15, 0.2) is 17.5 Å². The predicted molar refractivity (Wildman–Crippen MR) is 95.0 cm³/mol. The van der Waals surface area contributed by atoms with Gasteiger partial charge >= 0.3 is 0 Å². The summed E-state index contributed by atoms with van der Waals surface area (Å²) in [6.07, 6.45) is -3.04. The zero-order valence-electron chi connectivity index (χ0n) is 14.8. The summed E-state index contributed by atoms with van der Waals surface area (Å²) in [4.78, 5) is 12.0. The summed E-state index contributed by atoms with van der Waals surface area (Å²) >= 11 is 0. The third-order valence-corrected chi connectivity index (χ3v) is 6.31. The quantitative estimate of drug-likeness (QED) is 0.574. The molecule has 156 valence electrons. The Morgan fingerprint density at radius 3 is 2.41 bits per heavy atom. The van der Waals surface area contributed by atoms with Crippen LogP contribution in [0.2, 0.25) is 0 Å². The van der Waals surface area contributed by atoms with Gasteiger partial charge in [-0.15, -0.1) is 0 Å². The summed E-state index contributed by atoms with van der Waals surface area (Å²) in [7, 11) is -4.13. The maximum Gasteiger partial charge on any atom is 0.255 e. The van der Waals surface area contributed by atoms with Crippen LogP contribution < -0.4 is 5.32 Å². The van der Waals surface area contributed by atoms with Gasteiger partial charge in [0.1, 0.15) is 6.17 Å². The van der Waals surface area contributed by atoms with Crippen molar-refractivity contribution >= 4 is 21.6 Å². The van der Waals surface area contributed by atoms with Crippen LogP contribution in [0.3, 0.4) is 0 Å². The molecule has 11 heteroatoms. The molecule has 0 bridgehead atoms. The van der Waals surface area contributed by atoms with Crippen molar-refractivity contribution < 1.29 is 35.9 Å². The number of aliphatic hydroxyl groups excluding tert-OH is 1. The predicted octanol–water partition coefficient (Wildman–Crippen LogP) is 2.45. The van der Waals surface area contributed by atoms with Gasteiger partial charge in [-0.3, -0.25) is 4.79 Å². The van der Waals surface area contributed by atoms with Gasteiger partial charge in [-0.05, 0) is 24.6 Å². The molecule has 1 amide bonds. The molecular weight excluding hydrogens is 416 g/mol. The number of sulfonamides is 1. The third-order valence-electron chi connectivity index (χ3n) is 4.45. The minimum Gasteiger partial charge on any atom is -0.390 e. The molecule has 2 unspecified atom stereocenters. The fourth-order valence-electron chi connectivity index (χ4n) is 2.86. The topological polar surface area (TPSA) is 86.7 Å². The summed E-state index contributed by atoms with van der Waals surface area (Å²) in [5, 5.41) is 11.6. The van der Waals surface area contributed by atoms with Crippen molar-refractivity contribution in [3.63, 3.8) is 0 Å². The number of rotatable bonds is 4. The molecule has 1 heterocycles. The second kappa shape index (κ2) is 8.09. The van der Waals surface area contributed by atoms with Gasteiger partial charge < -0.3 is 10.4 Å². The first-order chi connectivity index (χ1) is 13.6. The molecule has 0 aliphatic carbocycles. The Hall–Kier alpha value is -2.50. The summed E-state index contributed by atoms with van der Waals surface area (Å²) in [6.45, 7) is -0.609. The van der Waals surface area contributed by atoms with Gasteiger partial charge in [-0.2, -0.15) is 4.31 Å². The van der Waals surface area contributed by atoms with Gasteiger partial charge in [0.05, 0.1) is 11.0 Å². The average molecular weight is 432 g/mol. The number of alkyl halides is 1. The van der Waals surface area contributed by atoms with Crippen LogP contribution in [0.5, 0.6) is 0 Å². The van der Waals surface area contributed by atoms with Crippen LogP contribution in [-0.4, -0.2) is 49.1 Å². The normalized spacial score (nSPS) is 20.4. The Morgan fingerprint density at radius 2 is 1.79 bits per heavy atom. The zero-order chi connectivity index (χ0) is 21.3. The fourth-order valence-corrected chi connectivity index (χ4v) is 4.37. The molecule has 3 rings (SSSR count). The first kappa shape index (κ1) is 21.2. The molecule has 1 fully saturated rings. The maximum atomic E-state index is 13.7. The van der Waals surface area contributed by atoms with E-state index < -0.39 is 52.2 Å². The lowest BCUT2D eigenvalue weighted by Crippen LogP contribution is -2.47. The van der Waals surface area contributed by atoms with Crippen LogP contribution >= 0.6 is 0 Å². The van der Waals surface area contributed by atoms with E-state index >= 15 is 0 Å². The second-order valence-corrected chi connectivity index (χ2v) is 8.41. The Bertz CT molecular complexity index is 1020. The molecule has 2 N–H and O–H groups in total. The highest BCUT2D eigenvalue weighted by Crippen LogP contribution is 2.24. The molecule has 6 nitrogen and oxygen atoms in total. The van der Waals surface area contributed by atoms with Crippen LogP contribution in [-0.2, 0) is 10.0 Å². The van der Waals surface area contributed by atoms with Crippen molar-refractivity contribution in [3.05, 3.63) is 59.4 Å². The Morgan fingerprint density at radius 1 is 1.14 bits per heavy atom. The van der Waals surface area contributed by atoms with E-state index in [0.29, 0.717) is 12.1 Å². The molecule has 29 heavy (non-hydrogen) atoms. The summed E-state index contributed by atoms with van der Waals surface area (Å²) in [6, 6.07) is 5.94. The molecule has 1 saturated heterocycles. The highest BCUT2D eigenvalue weighted by Gasteiger charge is 2.35. The second-order valence-electron chi connectivity index (χ2n) is 6.47. The van der Waals surface area contributed by atoms with E-state index in [0.717, 1.165) is 10.4 Å². The number of carbonyl (C=O) groups excluding carboxylic acids is 1. The van der Waals surface area contributed by atoms with Crippen molar-refractivity contribution in [2.75, 3.05) is 18.4 Å². The van der Waals surface area contributed by atoms with Crippen molar-refractivity contribution in [3.8, 4) is 0 Å². The zero-order valence-corrected chi connectivity index (χ0v) is 15.6. The Kier molecular flexibility index (Phi) is 5.92. The average Bonchev–Trinajstić information content (AvgIpc) is 2.68. The lowest BCUT2D eigenvalue weighted by Gasteiger charge is -2.31. The molecular formula is C18H16F4N2O4S. The summed E-state index contributed by atoms with van der Waals surface area (Å²) in [5.74, 6) is -5.56. The molecule has 2 aromatic rings. The van der Waals surface area contributed by atoms with E-state index in [-0.39, 0.29) is 29.1 Å². The van der Waals surface area contributed by atoms with Crippen LogP contribution in [0, 0.1) is 17.5 Å². The van der Waals surface area contributed by atoms with Crippen LogP contribution in [0.15, 0.2) is 41.3 Å². The molecule has 0 aromatic heterocycles.